The number of alkyl carbamates (subject to hydrolysis) is 8. The molecule has 0 saturated heterocycles. The summed E-state index contributed by atoms with van der Waals surface area (Å²) in [6, 6.07) is -3.91. The molecular weight excluding hydrogens is 1180 g/mol. The fourth-order valence-corrected chi connectivity index (χ4v) is 7.01. The third kappa shape index (κ3) is 51.0. The summed E-state index contributed by atoms with van der Waals surface area (Å²) in [5.41, 5.74) is -4.02. The lowest BCUT2D eigenvalue weighted by atomic mass is 10.0. The van der Waals surface area contributed by atoms with Gasteiger partial charge in [-0.15, -0.1) is 0 Å². The highest BCUT2D eigenvalue weighted by Crippen LogP contribution is 2.11. The third-order valence-corrected chi connectivity index (χ3v) is 11.9. The van der Waals surface area contributed by atoms with E-state index < -0.39 is 120 Å². The lowest BCUT2D eigenvalue weighted by molar-refractivity contribution is -0.132. The van der Waals surface area contributed by atoms with Crippen molar-refractivity contribution in [2.45, 2.75) is 179 Å². The molecule has 3 unspecified atom stereocenters. The summed E-state index contributed by atoms with van der Waals surface area (Å²) in [5.74, 6) is -2.27. The maximum absolute atomic E-state index is 14.2. The number of hydrogen-bond acceptors (Lipinski definition) is 23. The van der Waals surface area contributed by atoms with Crippen LogP contribution in [0.1, 0.15) is 139 Å². The van der Waals surface area contributed by atoms with Gasteiger partial charge in [0.2, 0.25) is 17.7 Å². The van der Waals surface area contributed by atoms with Crippen LogP contribution in [-0.4, -0.2) is 233 Å². The van der Waals surface area contributed by atoms with Crippen molar-refractivity contribution in [2.24, 2.45) is 0 Å². The molecule has 0 radical (unpaired) electrons. The van der Waals surface area contributed by atoms with Crippen LogP contribution in [-0.2, 0) is 52.3 Å². The van der Waals surface area contributed by atoms with Crippen LogP contribution < -0.4 is 58.5 Å². The Balaban J connectivity index is 6.01. The van der Waals surface area contributed by atoms with Crippen LogP contribution in [0.25, 0.3) is 0 Å². The van der Waals surface area contributed by atoms with Crippen molar-refractivity contribution >= 4 is 66.5 Å². The molecule has 0 aromatic heterocycles. The van der Waals surface area contributed by atoms with E-state index in [4.69, 9.17) is 37.9 Å². The molecule has 0 spiro atoms. The first kappa shape index (κ1) is 81.4. The van der Waals surface area contributed by atoms with Gasteiger partial charge >= 0.3 is 48.7 Å². The fraction of sp³-hybridized carbons (Fsp3) is 0.800. The standard InChI is InChI=1S/C55H101N11O23/c1-52(2,78)19-26-60-47(73)85-33-30-82-44(70)57-23-13-10-16-38(41(67)56-9)64-42(68)39(17-11-14-24-58-45(71)83-31-34-86-48(74)61-27-20-53(3,4)79)65-43(69)40(66-51(77)89-37-36-88-50(76)63-29-22-55(7,8)81)18-12-15-25-59-46(72)84-32-35-87-49(75)62-28-21-54(5,6)80/h38-40,78-81H,10-37H2,1-9H3,(H,56,67)(H,57,70)(H,58,71)(H,59,72)(H,60,73)(H,61,74)(H,62,75)(H,63,76)(H,64,68)(H,65,69)(H,66,77). The molecule has 0 aromatic carbocycles. The van der Waals surface area contributed by atoms with E-state index in [-0.39, 0.29) is 163 Å². The molecule has 0 rings (SSSR count). The largest absolute Gasteiger partial charge is 0.446 e. The van der Waals surface area contributed by atoms with Gasteiger partial charge in [-0.25, -0.2) is 38.4 Å². The number of amides is 11. The van der Waals surface area contributed by atoms with Crippen LogP contribution in [0.5, 0.6) is 0 Å². The van der Waals surface area contributed by atoms with Crippen molar-refractivity contribution in [3.8, 4) is 0 Å². The van der Waals surface area contributed by atoms with Gasteiger partial charge in [0.15, 0.2) is 0 Å². The number of carbonyl (C=O) groups is 11. The van der Waals surface area contributed by atoms with Crippen LogP contribution in [0.4, 0.5) is 38.4 Å². The molecule has 34 nitrogen and oxygen atoms in total. The van der Waals surface area contributed by atoms with Gasteiger partial charge in [-0.05, 0) is 139 Å². The molecular formula is C55H101N11O23. The Morgan fingerprint density at radius 3 is 0.719 bits per heavy atom. The van der Waals surface area contributed by atoms with E-state index in [1.807, 2.05) is 0 Å². The van der Waals surface area contributed by atoms with Crippen LogP contribution in [0.2, 0.25) is 0 Å². The molecule has 89 heavy (non-hydrogen) atoms. The zero-order valence-electron chi connectivity index (χ0n) is 53.1. The van der Waals surface area contributed by atoms with Crippen molar-refractivity contribution in [1.82, 2.24) is 58.5 Å². The van der Waals surface area contributed by atoms with Crippen molar-refractivity contribution in [2.75, 3.05) is 106 Å². The van der Waals surface area contributed by atoms with Crippen molar-refractivity contribution in [3.63, 3.8) is 0 Å². The van der Waals surface area contributed by atoms with Gasteiger partial charge in [0.25, 0.3) is 0 Å². The first-order valence-corrected chi connectivity index (χ1v) is 29.7. The minimum absolute atomic E-state index is 0.0250. The number of carbonyl (C=O) groups excluding carboxylic acids is 11. The molecule has 0 saturated carbocycles. The lowest BCUT2D eigenvalue weighted by Crippen LogP contribution is -2.56. The zero-order valence-corrected chi connectivity index (χ0v) is 53.1. The van der Waals surface area contributed by atoms with E-state index in [2.05, 4.69) is 58.5 Å². The minimum atomic E-state index is -1.39. The predicted octanol–water partition coefficient (Wildman–Crippen LogP) is 1.04. The average Bonchev–Trinajstić information content (AvgIpc) is 3.65. The van der Waals surface area contributed by atoms with E-state index >= 15 is 0 Å². The molecule has 514 valence electrons. The molecule has 15 N–H and O–H groups in total. The molecule has 3 atom stereocenters. The Hall–Kier alpha value is -7.59. The Labute approximate surface area is 519 Å². The van der Waals surface area contributed by atoms with Gasteiger partial charge in [-0.3, -0.25) is 14.4 Å². The zero-order chi connectivity index (χ0) is 67.3. The normalized spacial score (nSPS) is 12.4. The van der Waals surface area contributed by atoms with E-state index in [9.17, 15) is 73.2 Å². The molecule has 0 bridgehead atoms. The summed E-state index contributed by atoms with van der Waals surface area (Å²) in [7, 11) is 1.35. The Kier molecular flexibility index (Phi) is 41.7. The van der Waals surface area contributed by atoms with Crippen molar-refractivity contribution in [3.05, 3.63) is 0 Å². The number of rotatable bonds is 45. The van der Waals surface area contributed by atoms with Crippen molar-refractivity contribution in [1.29, 1.82) is 0 Å². The highest BCUT2D eigenvalue weighted by atomic mass is 16.6. The summed E-state index contributed by atoms with van der Waals surface area (Å²) < 4.78 is 40.1. The SMILES string of the molecule is CNC(=O)C(CCCCNC(=O)OCCOC(=O)NCCC(C)(C)O)NC(=O)C(CCCCNC(=O)OCCOC(=O)NCCC(C)(C)O)NC(=O)C(CCCCNC(=O)OCCOC(=O)NCCC(C)(C)O)NC(=O)OCCOC(=O)NCCC(C)(C)O. The quantitative estimate of drug-likeness (QED) is 0.0299. The second-order valence-corrected chi connectivity index (χ2v) is 22.7. The van der Waals surface area contributed by atoms with Gasteiger partial charge < -0.3 is 117 Å². The monoisotopic (exact) mass is 1280 g/mol. The van der Waals surface area contributed by atoms with Crippen LogP contribution >= 0.6 is 0 Å². The second kappa shape index (κ2) is 45.6. The number of unbranched alkanes of at least 4 members (excludes halogenated alkanes) is 3. The number of likely N-dealkylation sites (N-methyl/N-ethyl adjacent to an activating group) is 1. The highest BCUT2D eigenvalue weighted by molar-refractivity contribution is 5.93. The molecule has 34 heteroatoms. The van der Waals surface area contributed by atoms with Gasteiger partial charge in [-0.2, -0.15) is 0 Å². The summed E-state index contributed by atoms with van der Waals surface area (Å²) >= 11 is 0. The van der Waals surface area contributed by atoms with E-state index in [0.29, 0.717) is 6.42 Å². The molecule has 11 amide bonds. The number of aliphatic hydroxyl groups is 4. The average molecular weight is 1280 g/mol. The predicted molar refractivity (Wildman–Crippen MR) is 317 cm³/mol. The first-order chi connectivity index (χ1) is 41.7. The van der Waals surface area contributed by atoms with Gasteiger partial charge in [0, 0.05) is 52.9 Å². The molecule has 0 fully saturated rings. The summed E-state index contributed by atoms with van der Waals surface area (Å²) in [5, 5.41) is 66.8. The van der Waals surface area contributed by atoms with E-state index in [1.54, 1.807) is 55.4 Å². The van der Waals surface area contributed by atoms with Gasteiger partial charge in [-0.1, -0.05) is 0 Å². The highest BCUT2D eigenvalue weighted by Gasteiger charge is 2.30. The second-order valence-electron chi connectivity index (χ2n) is 22.7. The molecule has 0 aromatic rings. The smallest absolute Gasteiger partial charge is 0.407 e. The topological polar surface area (TPSA) is 475 Å². The van der Waals surface area contributed by atoms with Gasteiger partial charge in [0.05, 0.1) is 22.4 Å². The maximum Gasteiger partial charge on any atom is 0.407 e. The molecule has 0 heterocycles. The first-order valence-electron chi connectivity index (χ1n) is 29.7. The Morgan fingerprint density at radius 1 is 0.292 bits per heavy atom. The lowest BCUT2D eigenvalue weighted by Gasteiger charge is -2.25. The van der Waals surface area contributed by atoms with E-state index in [0.717, 1.165) is 0 Å². The minimum Gasteiger partial charge on any atom is -0.446 e. The van der Waals surface area contributed by atoms with Crippen LogP contribution in [0, 0.1) is 0 Å². The van der Waals surface area contributed by atoms with Gasteiger partial charge in [0.1, 0.15) is 71.0 Å². The maximum atomic E-state index is 14.2. The third-order valence-electron chi connectivity index (χ3n) is 11.9. The fourth-order valence-electron chi connectivity index (χ4n) is 7.01. The Morgan fingerprint density at radius 2 is 0.494 bits per heavy atom. The van der Waals surface area contributed by atoms with Crippen molar-refractivity contribution < 1.29 is 111 Å². The molecule has 0 aliphatic heterocycles. The number of hydrogen-bond donors (Lipinski definition) is 15. The number of nitrogens with one attached hydrogen (secondary N) is 11. The summed E-state index contributed by atoms with van der Waals surface area (Å²) in [6.07, 6.45) is -4.40. The number of ether oxygens (including phenoxy) is 8. The molecule has 0 aliphatic rings. The Bertz CT molecular complexity index is 2130. The molecule has 0 aliphatic carbocycles. The van der Waals surface area contributed by atoms with Crippen LogP contribution in [0.15, 0.2) is 0 Å². The van der Waals surface area contributed by atoms with E-state index in [1.165, 1.54) is 7.05 Å². The summed E-state index contributed by atoms with van der Waals surface area (Å²) in [6.45, 7) is 10.9. The van der Waals surface area contributed by atoms with Crippen LogP contribution in [0.3, 0.4) is 0 Å². The summed E-state index contributed by atoms with van der Waals surface area (Å²) in [4.78, 5) is 139.